The first kappa shape index (κ1) is 16.2. The van der Waals surface area contributed by atoms with E-state index >= 15 is 0 Å². The quantitative estimate of drug-likeness (QED) is 0.810. The molecule has 108 valence electrons. The SMILES string of the molecule is CN(C(=O)c1ccc(C#CCN)cc1F)C(C)(C)CO. The number of carbonyl (C=O) groups is 1. The third-order valence-electron chi connectivity index (χ3n) is 3.13. The van der Waals surface area contributed by atoms with Crippen LogP contribution in [0.1, 0.15) is 29.8 Å². The van der Waals surface area contributed by atoms with E-state index in [1.165, 1.54) is 24.1 Å². The number of hydrogen-bond acceptors (Lipinski definition) is 3. The van der Waals surface area contributed by atoms with Gasteiger partial charge in [0.2, 0.25) is 0 Å². The van der Waals surface area contributed by atoms with Crippen LogP contribution in [0.3, 0.4) is 0 Å². The van der Waals surface area contributed by atoms with E-state index in [-0.39, 0.29) is 18.7 Å². The number of nitrogens with zero attached hydrogens (tertiary/aromatic N) is 1. The molecule has 5 heteroatoms. The lowest BCUT2D eigenvalue weighted by Crippen LogP contribution is -2.47. The summed E-state index contributed by atoms with van der Waals surface area (Å²) in [4.78, 5) is 13.5. The molecule has 1 aromatic carbocycles. The van der Waals surface area contributed by atoms with Gasteiger partial charge in [-0.05, 0) is 32.0 Å². The van der Waals surface area contributed by atoms with Gasteiger partial charge in [-0.1, -0.05) is 11.8 Å². The van der Waals surface area contributed by atoms with Gasteiger partial charge in [0.25, 0.3) is 5.91 Å². The Kier molecular flexibility index (Phi) is 5.26. The van der Waals surface area contributed by atoms with Gasteiger partial charge in [-0.15, -0.1) is 0 Å². The Morgan fingerprint density at radius 1 is 1.50 bits per heavy atom. The predicted octanol–water partition coefficient (Wildman–Crippen LogP) is 0.979. The van der Waals surface area contributed by atoms with Crippen LogP contribution in [-0.2, 0) is 0 Å². The van der Waals surface area contributed by atoms with Crippen LogP contribution in [0.5, 0.6) is 0 Å². The first-order chi connectivity index (χ1) is 9.33. The number of benzene rings is 1. The summed E-state index contributed by atoms with van der Waals surface area (Å²) in [5, 5.41) is 9.25. The molecule has 3 N–H and O–H groups in total. The van der Waals surface area contributed by atoms with Crippen molar-refractivity contribution in [2.75, 3.05) is 20.2 Å². The van der Waals surface area contributed by atoms with E-state index in [1.807, 2.05) is 0 Å². The monoisotopic (exact) mass is 278 g/mol. The van der Waals surface area contributed by atoms with Crippen LogP contribution in [0.25, 0.3) is 0 Å². The van der Waals surface area contributed by atoms with E-state index in [4.69, 9.17) is 5.73 Å². The molecule has 0 spiro atoms. The zero-order valence-corrected chi connectivity index (χ0v) is 11.9. The van der Waals surface area contributed by atoms with Crippen molar-refractivity contribution in [2.24, 2.45) is 5.73 Å². The molecule has 0 atom stereocenters. The maximum Gasteiger partial charge on any atom is 0.257 e. The Balaban J connectivity index is 3.06. The number of rotatable bonds is 3. The fourth-order valence-corrected chi connectivity index (χ4v) is 1.48. The molecular formula is C15H19FN2O2. The van der Waals surface area contributed by atoms with Crippen molar-refractivity contribution in [1.29, 1.82) is 0 Å². The molecule has 0 saturated carbocycles. The van der Waals surface area contributed by atoms with Crippen molar-refractivity contribution in [3.05, 3.63) is 35.1 Å². The molecule has 0 aliphatic carbocycles. The average molecular weight is 278 g/mol. The maximum absolute atomic E-state index is 14.0. The van der Waals surface area contributed by atoms with Gasteiger partial charge in [0, 0.05) is 12.6 Å². The number of carbonyl (C=O) groups excluding carboxylic acids is 1. The van der Waals surface area contributed by atoms with Crippen molar-refractivity contribution in [1.82, 2.24) is 4.90 Å². The van der Waals surface area contributed by atoms with Crippen LogP contribution in [0.15, 0.2) is 18.2 Å². The normalized spacial score (nSPS) is 10.7. The molecule has 20 heavy (non-hydrogen) atoms. The van der Waals surface area contributed by atoms with E-state index in [2.05, 4.69) is 11.8 Å². The molecule has 0 unspecified atom stereocenters. The van der Waals surface area contributed by atoms with Gasteiger partial charge in [0.05, 0.1) is 24.3 Å². The van der Waals surface area contributed by atoms with Gasteiger partial charge in [0.15, 0.2) is 0 Å². The van der Waals surface area contributed by atoms with E-state index in [9.17, 15) is 14.3 Å². The summed E-state index contributed by atoms with van der Waals surface area (Å²) in [7, 11) is 1.53. The van der Waals surface area contributed by atoms with Crippen molar-refractivity contribution in [3.8, 4) is 11.8 Å². The molecular weight excluding hydrogens is 259 g/mol. The first-order valence-electron chi connectivity index (χ1n) is 6.21. The molecule has 0 aliphatic rings. The van der Waals surface area contributed by atoms with Gasteiger partial charge >= 0.3 is 0 Å². The molecule has 0 radical (unpaired) electrons. The first-order valence-corrected chi connectivity index (χ1v) is 6.21. The lowest BCUT2D eigenvalue weighted by atomic mass is 10.0. The second-order valence-corrected chi connectivity index (χ2v) is 5.04. The third kappa shape index (κ3) is 3.56. The molecule has 0 bridgehead atoms. The van der Waals surface area contributed by atoms with Crippen LogP contribution in [-0.4, -0.2) is 41.7 Å². The summed E-state index contributed by atoms with van der Waals surface area (Å²) in [5.41, 5.74) is 4.90. The zero-order chi connectivity index (χ0) is 15.3. The van der Waals surface area contributed by atoms with Crippen LogP contribution >= 0.6 is 0 Å². The number of aliphatic hydroxyl groups is 1. The Labute approximate surface area is 118 Å². The standard InChI is InChI=1S/C15H19FN2O2/c1-15(2,10-19)18(3)14(20)12-7-6-11(5-4-8-17)9-13(12)16/h6-7,9,19H,8,10,17H2,1-3H3. The van der Waals surface area contributed by atoms with Crippen LogP contribution in [0.4, 0.5) is 4.39 Å². The minimum absolute atomic E-state index is 0.0488. The molecule has 1 rings (SSSR count). The summed E-state index contributed by atoms with van der Waals surface area (Å²) in [6.45, 7) is 3.38. The van der Waals surface area contributed by atoms with Crippen LogP contribution in [0.2, 0.25) is 0 Å². The topological polar surface area (TPSA) is 66.6 Å². The van der Waals surface area contributed by atoms with Gasteiger partial charge in [0.1, 0.15) is 5.82 Å². The number of halogens is 1. The van der Waals surface area contributed by atoms with Gasteiger partial charge in [-0.3, -0.25) is 4.79 Å². The molecule has 0 saturated heterocycles. The number of hydrogen-bond donors (Lipinski definition) is 2. The lowest BCUT2D eigenvalue weighted by Gasteiger charge is -2.34. The Bertz CT molecular complexity index is 559. The van der Waals surface area contributed by atoms with E-state index in [0.29, 0.717) is 5.56 Å². The molecule has 0 aliphatic heterocycles. The van der Waals surface area contributed by atoms with Crippen molar-refractivity contribution in [3.63, 3.8) is 0 Å². The van der Waals surface area contributed by atoms with Crippen molar-refractivity contribution < 1.29 is 14.3 Å². The second kappa shape index (κ2) is 6.51. The summed E-state index contributed by atoms with van der Waals surface area (Å²) < 4.78 is 14.0. The largest absolute Gasteiger partial charge is 0.394 e. The number of aliphatic hydroxyl groups excluding tert-OH is 1. The van der Waals surface area contributed by atoms with Crippen molar-refractivity contribution in [2.45, 2.75) is 19.4 Å². The third-order valence-corrected chi connectivity index (χ3v) is 3.13. The highest BCUT2D eigenvalue weighted by atomic mass is 19.1. The second-order valence-electron chi connectivity index (χ2n) is 5.04. The Hall–Kier alpha value is -1.90. The highest BCUT2D eigenvalue weighted by Gasteiger charge is 2.28. The Morgan fingerprint density at radius 2 is 2.15 bits per heavy atom. The highest BCUT2D eigenvalue weighted by Crippen LogP contribution is 2.18. The summed E-state index contributed by atoms with van der Waals surface area (Å²) in [5.74, 6) is 4.20. The number of likely N-dealkylation sites (N-methyl/N-ethyl adjacent to an activating group) is 1. The summed E-state index contributed by atoms with van der Waals surface area (Å²) >= 11 is 0. The number of amides is 1. The van der Waals surface area contributed by atoms with Gasteiger partial charge < -0.3 is 15.7 Å². The van der Waals surface area contributed by atoms with Gasteiger partial charge in [-0.25, -0.2) is 4.39 Å². The highest BCUT2D eigenvalue weighted by molar-refractivity contribution is 5.95. The van der Waals surface area contributed by atoms with Crippen molar-refractivity contribution >= 4 is 5.91 Å². The van der Waals surface area contributed by atoms with Crippen LogP contribution in [0, 0.1) is 17.7 Å². The van der Waals surface area contributed by atoms with Gasteiger partial charge in [-0.2, -0.15) is 0 Å². The minimum Gasteiger partial charge on any atom is -0.394 e. The molecule has 1 aromatic rings. The minimum atomic E-state index is -0.762. The Morgan fingerprint density at radius 3 is 2.65 bits per heavy atom. The summed E-state index contributed by atoms with van der Waals surface area (Å²) in [6.07, 6.45) is 0. The molecule has 0 heterocycles. The predicted molar refractivity (Wildman–Crippen MR) is 75.6 cm³/mol. The lowest BCUT2D eigenvalue weighted by molar-refractivity contribution is 0.0469. The van der Waals surface area contributed by atoms with E-state index in [1.54, 1.807) is 19.9 Å². The van der Waals surface area contributed by atoms with E-state index < -0.39 is 17.3 Å². The molecule has 4 nitrogen and oxygen atoms in total. The van der Waals surface area contributed by atoms with Crippen LogP contribution < -0.4 is 5.73 Å². The fourth-order valence-electron chi connectivity index (χ4n) is 1.48. The molecule has 0 aromatic heterocycles. The molecule has 1 amide bonds. The number of nitrogens with two attached hydrogens (primary N) is 1. The fraction of sp³-hybridized carbons (Fsp3) is 0.400. The summed E-state index contributed by atoms with van der Waals surface area (Å²) in [6, 6.07) is 4.16. The maximum atomic E-state index is 14.0. The smallest absolute Gasteiger partial charge is 0.257 e. The zero-order valence-electron chi connectivity index (χ0n) is 11.9. The molecule has 0 fully saturated rings. The van der Waals surface area contributed by atoms with E-state index in [0.717, 1.165) is 0 Å². The average Bonchev–Trinajstić information content (AvgIpc) is 2.43.